The van der Waals surface area contributed by atoms with Crippen LogP contribution >= 0.6 is 7.92 Å². The second kappa shape index (κ2) is 25.3. The van der Waals surface area contributed by atoms with Gasteiger partial charge in [0.15, 0.2) is 0 Å². The van der Waals surface area contributed by atoms with E-state index in [0.717, 1.165) is 0 Å². The molecule has 0 aromatic heterocycles. The Balaban J connectivity index is 0. The Kier molecular flexibility index (Phi) is 26.8. The van der Waals surface area contributed by atoms with Crippen LogP contribution in [0.25, 0.3) is 0 Å². The van der Waals surface area contributed by atoms with Crippen molar-refractivity contribution in [1.29, 1.82) is 0 Å². The van der Waals surface area contributed by atoms with Crippen molar-refractivity contribution >= 4 is 13.9 Å². The average Bonchev–Trinajstić information content (AvgIpc) is 2.74. The summed E-state index contributed by atoms with van der Waals surface area (Å²) in [5.41, 5.74) is 0. The first-order chi connectivity index (χ1) is 15.3. The van der Waals surface area contributed by atoms with Gasteiger partial charge in [-0.25, -0.2) is 4.79 Å². The van der Waals surface area contributed by atoms with E-state index in [1.54, 1.807) is 18.5 Å². The van der Waals surface area contributed by atoms with Gasteiger partial charge in [-0.3, -0.25) is 0 Å². The molecule has 0 aliphatic heterocycles. The van der Waals surface area contributed by atoms with Crippen molar-refractivity contribution in [2.75, 3.05) is 18.5 Å². The summed E-state index contributed by atoms with van der Waals surface area (Å²) in [6.07, 6.45) is 26.2. The fourth-order valence-corrected chi connectivity index (χ4v) is 6.37. The second-order valence-electron chi connectivity index (χ2n) is 8.95. The van der Waals surface area contributed by atoms with Crippen LogP contribution in [0.3, 0.4) is 0 Å². The highest BCUT2D eigenvalue weighted by molar-refractivity contribution is 7.57. The predicted octanol–water partition coefficient (Wildman–Crippen LogP) is 10.2. The summed E-state index contributed by atoms with van der Waals surface area (Å²) in [5.74, 6) is -2.76. The van der Waals surface area contributed by atoms with E-state index >= 15 is 0 Å². The Morgan fingerprint density at radius 1 is 0.562 bits per heavy atom. The molecule has 2 nitrogen and oxygen atoms in total. The number of carboxylic acid groups (broad SMARTS) is 1. The zero-order valence-corrected chi connectivity index (χ0v) is 22.2. The lowest BCUT2D eigenvalue weighted by molar-refractivity contribution is -0.192. The van der Waals surface area contributed by atoms with Gasteiger partial charge in [0, 0.05) is 0 Å². The summed E-state index contributed by atoms with van der Waals surface area (Å²) in [7, 11) is 0.366. The van der Waals surface area contributed by atoms with Gasteiger partial charge >= 0.3 is 12.1 Å². The molecule has 0 heterocycles. The van der Waals surface area contributed by atoms with Gasteiger partial charge in [-0.15, -0.1) is 7.92 Å². The van der Waals surface area contributed by atoms with Crippen LogP contribution in [0.4, 0.5) is 13.2 Å². The topological polar surface area (TPSA) is 37.3 Å². The molecule has 0 aromatic carbocycles. The first-order valence-electron chi connectivity index (χ1n) is 13.3. The van der Waals surface area contributed by atoms with Crippen molar-refractivity contribution in [3.8, 4) is 0 Å². The summed E-state index contributed by atoms with van der Waals surface area (Å²) >= 11 is 0. The molecule has 194 valence electrons. The maximum absolute atomic E-state index is 10.6. The Morgan fingerprint density at radius 3 is 1.00 bits per heavy atom. The van der Waals surface area contributed by atoms with Crippen LogP contribution in [0.2, 0.25) is 0 Å². The van der Waals surface area contributed by atoms with E-state index in [1.165, 1.54) is 116 Å². The second-order valence-corrected chi connectivity index (χ2v) is 11.6. The van der Waals surface area contributed by atoms with E-state index in [0.29, 0.717) is 7.92 Å². The van der Waals surface area contributed by atoms with Crippen LogP contribution in [-0.4, -0.2) is 35.7 Å². The minimum absolute atomic E-state index is 0.366. The van der Waals surface area contributed by atoms with Gasteiger partial charge in [0.25, 0.3) is 0 Å². The first-order valence-corrected chi connectivity index (χ1v) is 15.2. The molecule has 0 aromatic rings. The van der Waals surface area contributed by atoms with Gasteiger partial charge in [0.2, 0.25) is 0 Å². The van der Waals surface area contributed by atoms with Gasteiger partial charge in [0.05, 0.1) is 0 Å². The molecule has 0 saturated heterocycles. The molecule has 0 bridgehead atoms. The zero-order chi connectivity index (χ0) is 24.5. The number of unbranched alkanes of at least 4 members (excludes halogenated alkanes) is 15. The van der Waals surface area contributed by atoms with E-state index in [-0.39, 0.29) is 0 Å². The normalized spacial score (nSPS) is 11.5. The Labute approximate surface area is 198 Å². The molecular formula is C26H52F3O2P. The largest absolute Gasteiger partial charge is 0.490 e. The molecule has 0 unspecified atom stereocenters. The Morgan fingerprint density at radius 2 is 0.781 bits per heavy atom. The lowest BCUT2D eigenvalue weighted by Gasteiger charge is -2.18. The molecule has 0 aliphatic rings. The van der Waals surface area contributed by atoms with Gasteiger partial charge in [-0.1, -0.05) is 117 Å². The van der Waals surface area contributed by atoms with Crippen LogP contribution < -0.4 is 0 Å². The first kappa shape index (κ1) is 33.9. The summed E-state index contributed by atoms with van der Waals surface area (Å²) in [4.78, 5) is 8.90. The molecule has 0 amide bonds. The number of carboxylic acids is 1. The molecule has 0 spiro atoms. The monoisotopic (exact) mass is 484 g/mol. The molecule has 1 N–H and O–H groups in total. The summed E-state index contributed by atoms with van der Waals surface area (Å²) < 4.78 is 31.7. The SMILES string of the molecule is CCCCCCCCP(CCCCCCCC)CCCCCCCC.O=C(O)C(F)(F)F. The zero-order valence-electron chi connectivity index (χ0n) is 21.3. The van der Waals surface area contributed by atoms with Crippen molar-refractivity contribution in [1.82, 2.24) is 0 Å². The Bertz CT molecular complexity index is 352. The van der Waals surface area contributed by atoms with Crippen molar-refractivity contribution < 1.29 is 23.1 Å². The fraction of sp³-hybridized carbons (Fsp3) is 0.962. The van der Waals surface area contributed by atoms with E-state index in [1.807, 2.05) is 0 Å². The van der Waals surface area contributed by atoms with Crippen molar-refractivity contribution in [2.24, 2.45) is 0 Å². The standard InChI is InChI=1S/C24H51P.C2HF3O2/c1-4-7-10-13-16-19-22-25(23-20-17-14-11-8-5-2)24-21-18-15-12-9-6-3;3-2(4,5)1(6)7/h4-24H2,1-3H3;(H,6,7). The highest BCUT2D eigenvalue weighted by atomic mass is 31.1. The van der Waals surface area contributed by atoms with E-state index in [2.05, 4.69) is 20.8 Å². The smallest absolute Gasteiger partial charge is 0.475 e. The van der Waals surface area contributed by atoms with Crippen LogP contribution in [0, 0.1) is 0 Å². The van der Waals surface area contributed by atoms with Gasteiger partial charge in [-0.05, 0) is 37.7 Å². The molecule has 0 radical (unpaired) electrons. The van der Waals surface area contributed by atoms with Crippen molar-refractivity contribution in [3.63, 3.8) is 0 Å². The minimum Gasteiger partial charge on any atom is -0.475 e. The number of halogens is 3. The van der Waals surface area contributed by atoms with Gasteiger partial charge < -0.3 is 5.11 Å². The Hall–Kier alpha value is -0.310. The van der Waals surface area contributed by atoms with E-state index < -0.39 is 12.1 Å². The molecule has 0 atom stereocenters. The van der Waals surface area contributed by atoms with Gasteiger partial charge in [-0.2, -0.15) is 13.2 Å². The maximum Gasteiger partial charge on any atom is 0.490 e. The predicted molar refractivity (Wildman–Crippen MR) is 135 cm³/mol. The molecular weight excluding hydrogens is 432 g/mol. The maximum atomic E-state index is 10.6. The minimum atomic E-state index is -5.08. The average molecular weight is 485 g/mol. The van der Waals surface area contributed by atoms with Crippen molar-refractivity contribution in [3.05, 3.63) is 0 Å². The lowest BCUT2D eigenvalue weighted by atomic mass is 10.1. The third-order valence-electron chi connectivity index (χ3n) is 5.73. The highest BCUT2D eigenvalue weighted by Gasteiger charge is 2.38. The van der Waals surface area contributed by atoms with Crippen molar-refractivity contribution in [2.45, 2.75) is 143 Å². The van der Waals surface area contributed by atoms with E-state index in [4.69, 9.17) is 9.90 Å². The fourth-order valence-electron chi connectivity index (χ4n) is 3.68. The highest BCUT2D eigenvalue weighted by Crippen LogP contribution is 2.39. The number of hydrogen-bond acceptors (Lipinski definition) is 1. The molecule has 0 aliphatic carbocycles. The summed E-state index contributed by atoms with van der Waals surface area (Å²) in [6.45, 7) is 6.96. The summed E-state index contributed by atoms with van der Waals surface area (Å²) in [6, 6.07) is 0. The molecule has 0 saturated carbocycles. The molecule has 6 heteroatoms. The number of carbonyl (C=O) groups is 1. The molecule has 0 fully saturated rings. The molecule has 32 heavy (non-hydrogen) atoms. The number of alkyl halides is 3. The van der Waals surface area contributed by atoms with E-state index in [9.17, 15) is 13.2 Å². The number of rotatable bonds is 21. The number of aliphatic carboxylic acids is 1. The van der Waals surface area contributed by atoms with Crippen LogP contribution in [0.15, 0.2) is 0 Å². The molecule has 0 rings (SSSR count). The van der Waals surface area contributed by atoms with Crippen LogP contribution in [0.1, 0.15) is 136 Å². The van der Waals surface area contributed by atoms with Gasteiger partial charge in [0.1, 0.15) is 0 Å². The lowest BCUT2D eigenvalue weighted by Crippen LogP contribution is -2.21. The third-order valence-corrected chi connectivity index (χ3v) is 8.57. The van der Waals surface area contributed by atoms with Crippen LogP contribution in [-0.2, 0) is 4.79 Å². The quantitative estimate of drug-likeness (QED) is 0.130. The summed E-state index contributed by atoms with van der Waals surface area (Å²) in [5, 5.41) is 7.12. The third kappa shape index (κ3) is 27.7. The number of hydrogen-bond donors (Lipinski definition) is 1. The van der Waals surface area contributed by atoms with Crippen LogP contribution in [0.5, 0.6) is 0 Å².